The number of carbonyl (C=O) groups excluding carboxylic acids is 1. The van der Waals surface area contributed by atoms with E-state index in [0.717, 1.165) is 124 Å². The molecule has 0 radical (unpaired) electrons. The maximum absolute atomic E-state index is 10.5. The van der Waals surface area contributed by atoms with Crippen LogP contribution in [0.4, 0.5) is 0 Å². The van der Waals surface area contributed by atoms with Gasteiger partial charge in [-0.3, -0.25) is 4.79 Å². The van der Waals surface area contributed by atoms with E-state index in [1.54, 1.807) is 24.3 Å². The number of rotatable bonds is 26. The number of hydrogen-bond acceptors (Lipinski definition) is 10. The van der Waals surface area contributed by atoms with E-state index >= 15 is 0 Å². The molecule has 0 bridgehead atoms. The Labute approximate surface area is 512 Å². The van der Waals surface area contributed by atoms with Crippen LogP contribution in [-0.2, 0) is 75.3 Å². The van der Waals surface area contributed by atoms with Crippen molar-refractivity contribution in [2.75, 3.05) is 38.9 Å². The quantitative estimate of drug-likeness (QED) is 0.0173. The molecule has 3 atom stereocenters. The summed E-state index contributed by atoms with van der Waals surface area (Å²) in [6.45, 7) is 34.3. The Balaban J connectivity index is 0.000000605. The molecule has 4 aromatic carbocycles. The van der Waals surface area contributed by atoms with E-state index in [9.17, 15) is 10.2 Å². The molecule has 3 aliphatic heterocycles. The number of benzene rings is 4. The molecule has 0 amide bonds. The van der Waals surface area contributed by atoms with Crippen LogP contribution >= 0.6 is 11.6 Å². The Morgan fingerprint density at radius 2 is 0.704 bits per heavy atom. The molecule has 13 heteroatoms. The maximum atomic E-state index is 10.5. The van der Waals surface area contributed by atoms with Crippen LogP contribution in [0.2, 0.25) is 0 Å². The number of ether oxygens (including phenoxy) is 5. The van der Waals surface area contributed by atoms with Crippen LogP contribution in [0.25, 0.3) is 22.3 Å². The molecule has 3 saturated heterocycles. The zero-order valence-electron chi connectivity index (χ0n) is 42.6. The topological polar surface area (TPSA) is 146 Å². The maximum Gasteiger partial charge on any atom is 1.00 e. The van der Waals surface area contributed by atoms with Crippen LogP contribution in [0.1, 0.15) is 45.9 Å². The van der Waals surface area contributed by atoms with Gasteiger partial charge in [-0.1, -0.05) is 48.6 Å². The van der Waals surface area contributed by atoms with Gasteiger partial charge in [-0.15, -0.1) is 64.2 Å². The smallest absolute Gasteiger partial charge is 1.00 e. The Hall–Kier alpha value is -3.13. The van der Waals surface area contributed by atoms with E-state index in [2.05, 4.69) is 81.8 Å². The van der Waals surface area contributed by atoms with Gasteiger partial charge in [-0.25, -0.2) is 0 Å². The zero-order chi connectivity index (χ0) is 50.1. The minimum Gasteiger partial charge on any atom is -1.00 e. The van der Waals surface area contributed by atoms with Crippen molar-refractivity contribution in [1.29, 1.82) is 0 Å². The van der Waals surface area contributed by atoms with Gasteiger partial charge in [0, 0.05) is 0 Å². The van der Waals surface area contributed by atoms with E-state index in [1.165, 1.54) is 0 Å². The molecule has 0 saturated carbocycles. The third kappa shape index (κ3) is 21.3. The summed E-state index contributed by atoms with van der Waals surface area (Å²) in [4.78, 5) is 11.2. The third-order valence-corrected chi connectivity index (χ3v) is 11.2. The summed E-state index contributed by atoms with van der Waals surface area (Å²) in [5, 5.41) is 29.4. The fourth-order valence-corrected chi connectivity index (χ4v) is 7.56. The van der Waals surface area contributed by atoms with Crippen LogP contribution in [-0.4, -0.2) is 73.9 Å². The van der Waals surface area contributed by atoms with E-state index in [4.69, 9.17) is 45.3 Å². The van der Waals surface area contributed by atoms with Gasteiger partial charge in [-0.05, 0) is 167 Å². The number of phenols is 2. The molecule has 368 valence electrons. The first-order chi connectivity index (χ1) is 33.6. The first-order valence-electron chi connectivity index (χ1n) is 22.8. The van der Waals surface area contributed by atoms with Crippen molar-refractivity contribution in [3.05, 3.63) is 194 Å². The van der Waals surface area contributed by atoms with Gasteiger partial charge >= 0.3 is 103 Å². The van der Waals surface area contributed by atoms with Crippen molar-refractivity contribution in [3.8, 4) is 45.3 Å². The van der Waals surface area contributed by atoms with Crippen LogP contribution in [0.3, 0.4) is 0 Å². The van der Waals surface area contributed by atoms with Gasteiger partial charge in [-0.2, -0.15) is 0 Å². The summed E-state index contributed by atoms with van der Waals surface area (Å²) in [7, 11) is 0. The molecule has 3 heterocycles. The molecular formula is C58H67ClK2O10. The second kappa shape index (κ2) is 35.1. The van der Waals surface area contributed by atoms with E-state index < -0.39 is 0 Å². The molecule has 0 spiro atoms. The molecule has 3 aliphatic rings. The molecule has 0 aliphatic carbocycles. The average molecular weight is 1040 g/mol. The molecule has 0 aromatic heterocycles. The van der Waals surface area contributed by atoms with Gasteiger partial charge in [0.25, 0.3) is 6.47 Å². The summed E-state index contributed by atoms with van der Waals surface area (Å²) >= 11 is 5.27. The predicted octanol–water partition coefficient (Wildman–Crippen LogP) is 4.68. The Morgan fingerprint density at radius 3 is 0.873 bits per heavy atom. The van der Waals surface area contributed by atoms with Crippen LogP contribution < -0.4 is 118 Å². The summed E-state index contributed by atoms with van der Waals surface area (Å²) in [6.07, 6.45) is 20.8. The Bertz CT molecular complexity index is 2140. The average Bonchev–Trinajstić information content (AvgIpc) is 4.19. The molecule has 3 unspecified atom stereocenters. The summed E-state index contributed by atoms with van der Waals surface area (Å²) in [6, 6.07) is 16.7. The van der Waals surface area contributed by atoms with Crippen molar-refractivity contribution >= 4 is 18.1 Å². The molecule has 2 N–H and O–H groups in total. The van der Waals surface area contributed by atoms with Gasteiger partial charge in [0.05, 0.1) is 31.8 Å². The van der Waals surface area contributed by atoms with Gasteiger partial charge in [0.2, 0.25) is 0 Å². The van der Waals surface area contributed by atoms with Crippen LogP contribution in [0, 0.1) is 0 Å². The van der Waals surface area contributed by atoms with Crippen LogP contribution in [0.15, 0.2) is 150 Å². The van der Waals surface area contributed by atoms with E-state index in [0.29, 0.717) is 62.4 Å². The molecular weight excluding hydrogens is 970 g/mol. The predicted molar refractivity (Wildman–Crippen MR) is 277 cm³/mol. The van der Waals surface area contributed by atoms with Crippen molar-refractivity contribution < 1.29 is 153 Å². The number of allylic oxidation sites excluding steroid dienone is 8. The number of hydrogen-bond donors (Lipinski definition) is 2. The van der Waals surface area contributed by atoms with Gasteiger partial charge < -0.3 is 45.5 Å². The third-order valence-electron chi connectivity index (χ3n) is 10.8. The van der Waals surface area contributed by atoms with Crippen molar-refractivity contribution in [1.82, 2.24) is 0 Å². The number of carbonyl (C=O) groups is 1. The number of epoxide rings is 3. The minimum absolute atomic E-state index is 0. The van der Waals surface area contributed by atoms with Crippen molar-refractivity contribution in [3.63, 3.8) is 0 Å². The Kier molecular flexibility index (Phi) is 31.7. The number of alkyl halides is 1. The Morgan fingerprint density at radius 1 is 0.493 bits per heavy atom. The van der Waals surface area contributed by atoms with Gasteiger partial charge in [0.1, 0.15) is 48.4 Å². The van der Waals surface area contributed by atoms with Crippen molar-refractivity contribution in [2.45, 2.75) is 69.7 Å². The number of halogens is 1. The fourth-order valence-electron chi connectivity index (χ4n) is 7.38. The first kappa shape index (κ1) is 64.0. The summed E-state index contributed by atoms with van der Waals surface area (Å²) < 4.78 is 27.8. The summed E-state index contributed by atoms with van der Waals surface area (Å²) in [5.74, 6) is 3.09. The molecule has 7 rings (SSSR count). The first-order valence-corrected chi connectivity index (χ1v) is 23.4. The van der Waals surface area contributed by atoms with Crippen LogP contribution in [0.5, 0.6) is 23.0 Å². The minimum atomic E-state index is -0.181. The number of phenolic OH excluding ortho intramolecular Hbond substituents is 2. The van der Waals surface area contributed by atoms with Crippen molar-refractivity contribution in [2.24, 2.45) is 0 Å². The molecule has 71 heavy (non-hydrogen) atoms. The number of aromatic hydroxyl groups is 2. The second-order valence-corrected chi connectivity index (χ2v) is 16.6. The molecule has 3 fully saturated rings. The SMILES string of the molecule is C=CCc1cc(-c2cc(CC=C)c(O)c(CC=C)c2)cc(CC=C)c1O.C=CCc1cc(-c2cc(CC=C)c(OCC3CO3)c(CC=C)c2)cc(CC=C)c1OCC1CO1.ClCC1CO1.O=CO[O-].[H-].[K+].[K+]. The summed E-state index contributed by atoms with van der Waals surface area (Å²) in [5.41, 5.74) is 12.1. The van der Waals surface area contributed by atoms with Gasteiger partial charge in [0.15, 0.2) is 0 Å². The molecule has 10 nitrogen and oxygen atoms in total. The second-order valence-electron chi connectivity index (χ2n) is 16.3. The largest absolute Gasteiger partial charge is 1.00 e. The monoisotopic (exact) mass is 1040 g/mol. The van der Waals surface area contributed by atoms with E-state index in [1.807, 2.05) is 48.6 Å². The van der Waals surface area contributed by atoms with E-state index in [-0.39, 0.29) is 123 Å². The normalized spacial score (nSPS) is 15.2. The fraction of sp³-hybridized carbons (Fsp3) is 0.293. The zero-order valence-corrected chi connectivity index (χ0v) is 48.6. The molecule has 4 aromatic rings. The standard InChI is InChI=1S/C30H34O4.C24H26O2.C3H5ClO.CH2O3.2K.H/c1-5-9-21-13-25(14-22(10-6-2)29(21)33-19-27-17-31-27)26-15-23(11-7-3)30(24(16-26)12-8-4)34-20-28-18-32-28;1-5-9-17-13-21(14-18(10-6-2)23(17)25)22-15-19(11-7-3)24(26)20(16-22)12-8-4;4-1-3-2-5-3;2-1-4-3;;;/h5-8,13-16,27-28H,1-4,9-12,17-20H2;5-8,13-16,25-26H,1-4,9-12H2;3H,1-2H2;1,3H;;;/q;;;;2*+1;-1/p-1.